The van der Waals surface area contributed by atoms with Crippen molar-refractivity contribution in [3.05, 3.63) is 76.7 Å². The molecule has 5 heteroatoms. The number of amides is 2. The fraction of sp³-hybridized carbons (Fsp3) is 0.0526. The molecule has 0 aliphatic carbocycles. The van der Waals surface area contributed by atoms with E-state index < -0.39 is 0 Å². The van der Waals surface area contributed by atoms with Crippen LogP contribution in [0, 0.1) is 0 Å². The van der Waals surface area contributed by atoms with Crippen LogP contribution in [0.1, 0.15) is 12.5 Å². The van der Waals surface area contributed by atoms with Gasteiger partial charge in [-0.2, -0.15) is 0 Å². The Morgan fingerprint density at radius 1 is 1.04 bits per heavy atom. The number of carbonyl (C=O) groups is 2. The maximum absolute atomic E-state index is 12.5. The van der Waals surface area contributed by atoms with E-state index in [4.69, 9.17) is 0 Å². The van der Waals surface area contributed by atoms with Gasteiger partial charge < -0.3 is 5.11 Å². The number of nitrogens with zero attached hydrogens (tertiary/aromatic N) is 1. The number of phenols is 1. The van der Waals surface area contributed by atoms with Crippen LogP contribution in [0.15, 0.2) is 71.2 Å². The molecule has 4 nitrogen and oxygen atoms in total. The fourth-order valence-electron chi connectivity index (χ4n) is 2.35. The highest BCUT2D eigenvalue weighted by molar-refractivity contribution is 8.18. The largest absolute Gasteiger partial charge is 0.508 e. The third-order valence-corrected chi connectivity index (χ3v) is 4.32. The number of phenolic OH excluding ortho intramolecular Hbond substituents is 1. The summed E-state index contributed by atoms with van der Waals surface area (Å²) >= 11 is 0.915. The minimum absolute atomic E-state index is 0.0860. The van der Waals surface area contributed by atoms with Crippen molar-refractivity contribution in [2.45, 2.75) is 6.92 Å². The topological polar surface area (TPSA) is 57.6 Å². The van der Waals surface area contributed by atoms with Gasteiger partial charge in [0.15, 0.2) is 0 Å². The molecule has 2 amide bonds. The lowest BCUT2D eigenvalue weighted by Crippen LogP contribution is -2.27. The van der Waals surface area contributed by atoms with Crippen molar-refractivity contribution >= 4 is 34.7 Å². The molecule has 2 aromatic carbocycles. The van der Waals surface area contributed by atoms with Crippen molar-refractivity contribution in [2.75, 3.05) is 4.90 Å². The number of thioether (sulfide) groups is 1. The molecular formula is C19H15NO3S. The van der Waals surface area contributed by atoms with Gasteiger partial charge in [0.25, 0.3) is 11.1 Å². The molecule has 3 rings (SSSR count). The van der Waals surface area contributed by atoms with Gasteiger partial charge in [0.1, 0.15) is 5.75 Å². The Balaban J connectivity index is 1.85. The third kappa shape index (κ3) is 3.41. The van der Waals surface area contributed by atoms with Crippen LogP contribution in [0.5, 0.6) is 5.75 Å². The van der Waals surface area contributed by atoms with Crippen LogP contribution in [0.3, 0.4) is 0 Å². The second kappa shape index (κ2) is 6.76. The van der Waals surface area contributed by atoms with E-state index in [2.05, 4.69) is 0 Å². The minimum atomic E-state index is -0.350. The second-order valence-corrected chi connectivity index (χ2v) is 6.33. The molecular weight excluding hydrogens is 322 g/mol. The lowest BCUT2D eigenvalue weighted by atomic mass is 10.1. The lowest BCUT2D eigenvalue weighted by Gasteiger charge is -2.12. The van der Waals surface area contributed by atoms with Crippen LogP contribution < -0.4 is 4.90 Å². The molecule has 120 valence electrons. The molecule has 0 bridgehead atoms. The zero-order valence-corrected chi connectivity index (χ0v) is 13.8. The van der Waals surface area contributed by atoms with Crippen LogP contribution >= 0.6 is 11.8 Å². The van der Waals surface area contributed by atoms with E-state index in [0.717, 1.165) is 27.8 Å². The standard InChI is InChI=1S/C19H15NO3S/c1-13(11-14-5-3-2-4-6-14)12-17-18(22)20(19(23)24-17)15-7-9-16(21)10-8-15/h2-12,21H,1H3/b13-11-,17-12-. The van der Waals surface area contributed by atoms with E-state index in [1.54, 1.807) is 18.2 Å². The number of aromatic hydroxyl groups is 1. The highest BCUT2D eigenvalue weighted by Gasteiger charge is 2.36. The average Bonchev–Trinajstić information content (AvgIpc) is 2.83. The van der Waals surface area contributed by atoms with Crippen molar-refractivity contribution in [3.63, 3.8) is 0 Å². The summed E-state index contributed by atoms with van der Waals surface area (Å²) in [7, 11) is 0. The Bertz CT molecular complexity index is 839. The van der Waals surface area contributed by atoms with E-state index in [9.17, 15) is 14.7 Å². The third-order valence-electron chi connectivity index (χ3n) is 3.45. The molecule has 1 aliphatic heterocycles. The monoisotopic (exact) mass is 337 g/mol. The number of benzene rings is 2. The molecule has 0 unspecified atom stereocenters. The summed E-state index contributed by atoms with van der Waals surface area (Å²) < 4.78 is 0. The van der Waals surface area contributed by atoms with E-state index in [0.29, 0.717) is 10.6 Å². The molecule has 0 radical (unpaired) electrons. The summed E-state index contributed by atoms with van der Waals surface area (Å²) in [5.74, 6) is -0.264. The van der Waals surface area contributed by atoms with Crippen LogP contribution in [0.25, 0.3) is 6.08 Å². The van der Waals surface area contributed by atoms with Crippen molar-refractivity contribution in [3.8, 4) is 5.75 Å². The van der Waals surface area contributed by atoms with Gasteiger partial charge >= 0.3 is 0 Å². The quantitative estimate of drug-likeness (QED) is 0.833. The van der Waals surface area contributed by atoms with E-state index in [-0.39, 0.29) is 16.9 Å². The number of rotatable bonds is 3. The first-order chi connectivity index (χ1) is 11.5. The first-order valence-electron chi connectivity index (χ1n) is 7.35. The first kappa shape index (κ1) is 16.1. The molecule has 0 aromatic heterocycles. The van der Waals surface area contributed by atoms with E-state index in [1.165, 1.54) is 12.1 Å². The first-order valence-corrected chi connectivity index (χ1v) is 8.16. The van der Waals surface area contributed by atoms with Gasteiger partial charge in [-0.15, -0.1) is 0 Å². The maximum atomic E-state index is 12.5. The SMILES string of the molecule is CC(=C/c1ccccc1)/C=C1\SC(=O)N(c2ccc(O)cc2)C1=O. The smallest absolute Gasteiger partial charge is 0.298 e. The van der Waals surface area contributed by atoms with Crippen LogP contribution in [0.4, 0.5) is 10.5 Å². The molecule has 1 saturated heterocycles. The summed E-state index contributed by atoms with van der Waals surface area (Å²) in [5, 5.41) is 8.99. The van der Waals surface area contributed by atoms with Crippen LogP contribution in [0.2, 0.25) is 0 Å². The van der Waals surface area contributed by atoms with Gasteiger partial charge in [-0.3, -0.25) is 9.59 Å². The Morgan fingerprint density at radius 3 is 2.38 bits per heavy atom. The number of allylic oxidation sites excluding steroid dienone is 2. The van der Waals surface area contributed by atoms with E-state index in [1.807, 2.05) is 43.3 Å². The highest BCUT2D eigenvalue weighted by atomic mass is 32.2. The molecule has 1 N–H and O–H groups in total. The van der Waals surface area contributed by atoms with Gasteiger partial charge in [-0.25, -0.2) is 4.90 Å². The predicted octanol–water partition coefficient (Wildman–Crippen LogP) is 4.58. The van der Waals surface area contributed by atoms with Crippen molar-refractivity contribution in [2.24, 2.45) is 0 Å². The van der Waals surface area contributed by atoms with Gasteiger partial charge in [0.2, 0.25) is 0 Å². The van der Waals surface area contributed by atoms with Gasteiger partial charge in [-0.1, -0.05) is 36.4 Å². The average molecular weight is 337 g/mol. The van der Waals surface area contributed by atoms with E-state index >= 15 is 0 Å². The number of imide groups is 1. The predicted molar refractivity (Wildman–Crippen MR) is 96.8 cm³/mol. The summed E-state index contributed by atoms with van der Waals surface area (Å²) in [4.78, 5) is 26.2. The molecule has 1 heterocycles. The Morgan fingerprint density at radius 2 is 1.71 bits per heavy atom. The zero-order chi connectivity index (χ0) is 17.1. The Labute approximate surface area is 144 Å². The molecule has 0 spiro atoms. The highest BCUT2D eigenvalue weighted by Crippen LogP contribution is 2.35. The minimum Gasteiger partial charge on any atom is -0.508 e. The molecule has 1 aliphatic rings. The Kier molecular flexibility index (Phi) is 4.53. The number of hydrogen-bond acceptors (Lipinski definition) is 4. The van der Waals surface area contributed by atoms with Crippen molar-refractivity contribution in [1.29, 1.82) is 0 Å². The number of anilines is 1. The van der Waals surface area contributed by atoms with Crippen molar-refractivity contribution < 1.29 is 14.7 Å². The molecule has 24 heavy (non-hydrogen) atoms. The van der Waals surface area contributed by atoms with Crippen LogP contribution in [-0.4, -0.2) is 16.3 Å². The fourth-order valence-corrected chi connectivity index (χ4v) is 3.24. The van der Waals surface area contributed by atoms with Gasteiger partial charge in [0.05, 0.1) is 10.6 Å². The normalized spacial score (nSPS) is 17.0. The maximum Gasteiger partial charge on any atom is 0.298 e. The second-order valence-electron chi connectivity index (χ2n) is 5.33. The molecule has 1 fully saturated rings. The Hall–Kier alpha value is -2.79. The van der Waals surface area contributed by atoms with Crippen molar-refractivity contribution in [1.82, 2.24) is 0 Å². The summed E-state index contributed by atoms with van der Waals surface area (Å²) in [6, 6.07) is 15.7. The summed E-state index contributed by atoms with van der Waals surface area (Å²) in [6.45, 7) is 1.89. The van der Waals surface area contributed by atoms with Gasteiger partial charge in [0, 0.05) is 0 Å². The summed E-state index contributed by atoms with van der Waals surface area (Å²) in [5.41, 5.74) is 2.37. The summed E-state index contributed by atoms with van der Waals surface area (Å²) in [6.07, 6.45) is 3.67. The lowest BCUT2D eigenvalue weighted by molar-refractivity contribution is -0.113. The number of carbonyl (C=O) groups excluding carboxylic acids is 2. The number of hydrogen-bond donors (Lipinski definition) is 1. The molecule has 2 aromatic rings. The molecule has 0 saturated carbocycles. The van der Waals surface area contributed by atoms with Gasteiger partial charge in [-0.05, 0) is 60.2 Å². The van der Waals surface area contributed by atoms with Crippen LogP contribution in [-0.2, 0) is 4.79 Å². The molecule has 0 atom stereocenters. The zero-order valence-electron chi connectivity index (χ0n) is 13.0.